The highest BCUT2D eigenvalue weighted by Crippen LogP contribution is 2.25. The first-order valence-corrected chi connectivity index (χ1v) is 7.73. The van der Waals surface area contributed by atoms with Gasteiger partial charge in [-0.3, -0.25) is 0 Å². The summed E-state index contributed by atoms with van der Waals surface area (Å²) in [7, 11) is 0. The quantitative estimate of drug-likeness (QED) is 0.917. The molecule has 0 spiro atoms. The highest BCUT2D eigenvalue weighted by atomic mass is 16.6. The van der Waals surface area contributed by atoms with Crippen molar-refractivity contribution in [3.8, 4) is 5.75 Å². The molecule has 2 amide bonds. The average molecular weight is 326 g/mol. The molecule has 1 aliphatic rings. The number of para-hydroxylation sites is 1. The van der Waals surface area contributed by atoms with Gasteiger partial charge in [0.15, 0.2) is 0 Å². The minimum Gasteiger partial charge on any atom is -0.439 e. The first-order valence-electron chi connectivity index (χ1n) is 7.73. The number of amides is 2. The molecule has 0 aliphatic carbocycles. The lowest BCUT2D eigenvalue weighted by Crippen LogP contribution is -2.36. The second kappa shape index (κ2) is 7.50. The Kier molecular flexibility index (Phi) is 4.96. The van der Waals surface area contributed by atoms with E-state index in [1.807, 2.05) is 36.4 Å². The van der Waals surface area contributed by atoms with Gasteiger partial charge in [0.1, 0.15) is 11.9 Å². The van der Waals surface area contributed by atoms with Gasteiger partial charge in [-0.15, -0.1) is 0 Å². The van der Waals surface area contributed by atoms with E-state index in [1.54, 1.807) is 29.2 Å². The van der Waals surface area contributed by atoms with E-state index in [0.29, 0.717) is 25.4 Å². The molecule has 6 nitrogen and oxygen atoms in total. The Labute approximate surface area is 140 Å². The van der Waals surface area contributed by atoms with Crippen LogP contribution in [0.4, 0.5) is 9.59 Å². The Morgan fingerprint density at radius 3 is 2.50 bits per heavy atom. The minimum atomic E-state index is -0.548. The maximum Gasteiger partial charge on any atom is 0.412 e. The molecule has 1 heterocycles. The van der Waals surface area contributed by atoms with E-state index in [-0.39, 0.29) is 12.2 Å². The fourth-order valence-electron chi connectivity index (χ4n) is 2.46. The number of cyclic esters (lactones) is 1. The molecule has 1 saturated heterocycles. The lowest BCUT2D eigenvalue weighted by Gasteiger charge is -2.13. The van der Waals surface area contributed by atoms with Crippen LogP contribution in [0.15, 0.2) is 60.7 Å². The van der Waals surface area contributed by atoms with E-state index in [9.17, 15) is 9.59 Å². The monoisotopic (exact) mass is 326 g/mol. The Hall–Kier alpha value is -3.02. The standard InChI is InChI=1S/C18H18N2O4/c21-17(23-15-9-5-2-6-10-15)19-11-12-20-13-16(24-18(20)22)14-7-3-1-4-8-14/h1-10,16H,11-13H2,(H,19,21). The summed E-state index contributed by atoms with van der Waals surface area (Å²) in [5, 5.41) is 2.62. The third-order valence-electron chi connectivity index (χ3n) is 3.66. The van der Waals surface area contributed by atoms with Crippen molar-refractivity contribution >= 4 is 12.2 Å². The highest BCUT2D eigenvalue weighted by molar-refractivity contribution is 5.71. The van der Waals surface area contributed by atoms with Crippen molar-refractivity contribution in [3.05, 3.63) is 66.2 Å². The number of rotatable bonds is 5. The number of hydrogen-bond donors (Lipinski definition) is 1. The molecule has 1 fully saturated rings. The van der Waals surface area contributed by atoms with Crippen LogP contribution in [-0.2, 0) is 4.74 Å². The van der Waals surface area contributed by atoms with Crippen molar-refractivity contribution in [1.29, 1.82) is 0 Å². The van der Waals surface area contributed by atoms with Gasteiger partial charge < -0.3 is 19.7 Å². The molecule has 124 valence electrons. The van der Waals surface area contributed by atoms with Crippen molar-refractivity contribution in [3.63, 3.8) is 0 Å². The lowest BCUT2D eigenvalue weighted by molar-refractivity contribution is 0.132. The first kappa shape index (κ1) is 15.9. The summed E-state index contributed by atoms with van der Waals surface area (Å²) in [6.45, 7) is 1.13. The number of nitrogens with one attached hydrogen (secondary N) is 1. The zero-order valence-corrected chi connectivity index (χ0v) is 13.1. The predicted molar refractivity (Wildman–Crippen MR) is 87.7 cm³/mol. The van der Waals surface area contributed by atoms with E-state index in [2.05, 4.69) is 5.32 Å². The summed E-state index contributed by atoms with van der Waals surface area (Å²) < 4.78 is 10.5. The fourth-order valence-corrected chi connectivity index (χ4v) is 2.46. The van der Waals surface area contributed by atoms with Crippen molar-refractivity contribution < 1.29 is 19.1 Å². The SMILES string of the molecule is O=C(NCCN1CC(c2ccccc2)OC1=O)Oc1ccccc1. The molecule has 3 rings (SSSR count). The first-order chi connectivity index (χ1) is 11.7. The largest absolute Gasteiger partial charge is 0.439 e. The average Bonchev–Trinajstić information content (AvgIpc) is 2.98. The molecule has 1 atom stereocenters. The van der Waals surface area contributed by atoms with Gasteiger partial charge in [-0.05, 0) is 17.7 Å². The van der Waals surface area contributed by atoms with E-state index in [0.717, 1.165) is 5.56 Å². The van der Waals surface area contributed by atoms with Crippen LogP contribution in [0.25, 0.3) is 0 Å². The fraction of sp³-hybridized carbons (Fsp3) is 0.222. The number of benzene rings is 2. The lowest BCUT2D eigenvalue weighted by atomic mass is 10.1. The molecule has 6 heteroatoms. The second-order valence-corrected chi connectivity index (χ2v) is 5.36. The Bertz CT molecular complexity index is 691. The summed E-state index contributed by atoms with van der Waals surface area (Å²) in [4.78, 5) is 25.1. The number of hydrogen-bond acceptors (Lipinski definition) is 4. The number of ether oxygens (including phenoxy) is 2. The predicted octanol–water partition coefficient (Wildman–Crippen LogP) is 2.97. The smallest absolute Gasteiger partial charge is 0.412 e. The molecule has 0 saturated carbocycles. The number of nitrogens with zero attached hydrogens (tertiary/aromatic N) is 1. The van der Waals surface area contributed by atoms with E-state index >= 15 is 0 Å². The van der Waals surface area contributed by atoms with Gasteiger partial charge in [0, 0.05) is 13.1 Å². The van der Waals surface area contributed by atoms with Gasteiger partial charge in [-0.2, -0.15) is 0 Å². The summed E-state index contributed by atoms with van der Waals surface area (Å²) in [6, 6.07) is 18.4. The molecular formula is C18H18N2O4. The summed E-state index contributed by atoms with van der Waals surface area (Å²) in [5.74, 6) is 0.472. The third-order valence-corrected chi connectivity index (χ3v) is 3.66. The van der Waals surface area contributed by atoms with Gasteiger partial charge in [-0.1, -0.05) is 48.5 Å². The molecule has 2 aromatic rings. The van der Waals surface area contributed by atoms with Crippen LogP contribution in [0.3, 0.4) is 0 Å². The molecule has 0 radical (unpaired) electrons. The third kappa shape index (κ3) is 4.04. The molecule has 0 aromatic heterocycles. The van der Waals surface area contributed by atoms with Crippen LogP contribution in [-0.4, -0.2) is 36.7 Å². The maximum atomic E-state index is 11.9. The summed E-state index contributed by atoms with van der Waals surface area (Å²) in [5.41, 5.74) is 0.963. The molecule has 0 bridgehead atoms. The summed E-state index contributed by atoms with van der Waals surface area (Å²) in [6.07, 6.45) is -1.19. The highest BCUT2D eigenvalue weighted by Gasteiger charge is 2.31. The van der Waals surface area contributed by atoms with Crippen molar-refractivity contribution in [1.82, 2.24) is 10.2 Å². The van der Waals surface area contributed by atoms with Crippen LogP contribution in [0.2, 0.25) is 0 Å². The van der Waals surface area contributed by atoms with Crippen molar-refractivity contribution in [2.45, 2.75) is 6.10 Å². The van der Waals surface area contributed by atoms with Crippen molar-refractivity contribution in [2.24, 2.45) is 0 Å². The second-order valence-electron chi connectivity index (χ2n) is 5.36. The van der Waals surface area contributed by atoms with Crippen LogP contribution in [0.1, 0.15) is 11.7 Å². The Morgan fingerprint density at radius 2 is 1.79 bits per heavy atom. The molecule has 2 aromatic carbocycles. The van der Waals surface area contributed by atoms with Gasteiger partial charge in [-0.25, -0.2) is 9.59 Å². The van der Waals surface area contributed by atoms with Crippen LogP contribution < -0.4 is 10.1 Å². The Balaban J connectivity index is 1.44. The van der Waals surface area contributed by atoms with Gasteiger partial charge in [0.2, 0.25) is 0 Å². The summed E-state index contributed by atoms with van der Waals surface area (Å²) >= 11 is 0. The topological polar surface area (TPSA) is 67.9 Å². The molecule has 1 N–H and O–H groups in total. The normalized spacial score (nSPS) is 16.6. The van der Waals surface area contributed by atoms with Crippen LogP contribution in [0.5, 0.6) is 5.75 Å². The molecule has 1 aliphatic heterocycles. The van der Waals surface area contributed by atoms with E-state index in [1.165, 1.54) is 0 Å². The zero-order valence-electron chi connectivity index (χ0n) is 13.1. The van der Waals surface area contributed by atoms with Crippen molar-refractivity contribution in [2.75, 3.05) is 19.6 Å². The van der Waals surface area contributed by atoms with Gasteiger partial charge in [0.05, 0.1) is 6.54 Å². The molecule has 1 unspecified atom stereocenters. The number of carbonyl (C=O) groups is 2. The maximum absolute atomic E-state index is 11.9. The molecular weight excluding hydrogens is 308 g/mol. The Morgan fingerprint density at radius 1 is 1.12 bits per heavy atom. The van der Waals surface area contributed by atoms with E-state index < -0.39 is 6.09 Å². The zero-order chi connectivity index (χ0) is 16.8. The van der Waals surface area contributed by atoms with Crippen LogP contribution in [0, 0.1) is 0 Å². The van der Waals surface area contributed by atoms with Gasteiger partial charge >= 0.3 is 12.2 Å². The number of carbonyl (C=O) groups excluding carboxylic acids is 2. The minimum absolute atomic E-state index is 0.269. The van der Waals surface area contributed by atoms with Crippen LogP contribution >= 0.6 is 0 Å². The van der Waals surface area contributed by atoms with Gasteiger partial charge in [0.25, 0.3) is 0 Å². The van der Waals surface area contributed by atoms with E-state index in [4.69, 9.17) is 9.47 Å². The molecule has 24 heavy (non-hydrogen) atoms.